The molecule has 0 radical (unpaired) electrons. The van der Waals surface area contributed by atoms with Gasteiger partial charge in [0.2, 0.25) is 11.8 Å². The van der Waals surface area contributed by atoms with Gasteiger partial charge in [-0.05, 0) is 12.8 Å². The molecule has 1 atom stereocenters. The molecule has 1 aromatic rings. The first-order valence-electron chi connectivity index (χ1n) is 7.46. The fourth-order valence-corrected chi connectivity index (χ4v) is 3.39. The zero-order chi connectivity index (χ0) is 17.1. The number of methoxy groups -OCH3 is 1. The van der Waals surface area contributed by atoms with Crippen molar-refractivity contribution in [2.45, 2.75) is 27.2 Å². The van der Waals surface area contributed by atoms with Crippen LogP contribution in [0.4, 0.5) is 5.13 Å². The molecule has 23 heavy (non-hydrogen) atoms. The van der Waals surface area contributed by atoms with Crippen molar-refractivity contribution in [1.82, 2.24) is 9.88 Å². The van der Waals surface area contributed by atoms with Gasteiger partial charge in [0.05, 0.1) is 18.7 Å². The number of hydrogen-bond donors (Lipinski definition) is 1. The fourth-order valence-electron chi connectivity index (χ4n) is 2.50. The van der Waals surface area contributed by atoms with Crippen LogP contribution < -0.4 is 5.32 Å². The van der Waals surface area contributed by atoms with Gasteiger partial charge in [-0.2, -0.15) is 0 Å². The first-order chi connectivity index (χ1) is 10.8. The van der Waals surface area contributed by atoms with Crippen LogP contribution in [0, 0.1) is 18.8 Å². The second kappa shape index (κ2) is 7.08. The Morgan fingerprint density at radius 2 is 2.17 bits per heavy atom. The zero-order valence-corrected chi connectivity index (χ0v) is 14.5. The number of likely N-dealkylation sites (tertiary alicyclic amines) is 1. The normalized spacial score (nSPS) is 17.7. The van der Waals surface area contributed by atoms with Crippen LogP contribution in [0.1, 0.15) is 35.6 Å². The van der Waals surface area contributed by atoms with Gasteiger partial charge in [-0.3, -0.25) is 9.59 Å². The van der Waals surface area contributed by atoms with Crippen LogP contribution in [0.25, 0.3) is 0 Å². The Bertz CT molecular complexity index is 626. The van der Waals surface area contributed by atoms with E-state index in [1.807, 2.05) is 13.8 Å². The van der Waals surface area contributed by atoms with Gasteiger partial charge in [-0.1, -0.05) is 25.2 Å². The van der Waals surface area contributed by atoms with Crippen molar-refractivity contribution in [3.63, 3.8) is 0 Å². The number of ether oxygens (including phenoxy) is 1. The van der Waals surface area contributed by atoms with Crippen molar-refractivity contribution in [2.75, 3.05) is 25.5 Å². The summed E-state index contributed by atoms with van der Waals surface area (Å²) in [5.74, 6) is -0.726. The third kappa shape index (κ3) is 4.07. The molecule has 126 valence electrons. The summed E-state index contributed by atoms with van der Waals surface area (Å²) in [5.41, 5.74) is 0.515. The molecule has 1 aromatic heterocycles. The Hall–Kier alpha value is -1.96. The van der Waals surface area contributed by atoms with Crippen LogP contribution >= 0.6 is 11.3 Å². The summed E-state index contributed by atoms with van der Waals surface area (Å²) < 4.78 is 4.67. The lowest BCUT2D eigenvalue weighted by Crippen LogP contribution is -2.31. The molecule has 1 saturated heterocycles. The summed E-state index contributed by atoms with van der Waals surface area (Å²) >= 11 is 1.08. The highest BCUT2D eigenvalue weighted by Crippen LogP contribution is 2.25. The van der Waals surface area contributed by atoms with Crippen molar-refractivity contribution in [1.29, 1.82) is 0 Å². The predicted octanol–water partition coefficient (Wildman–Crippen LogP) is 1.68. The highest BCUT2D eigenvalue weighted by molar-refractivity contribution is 7.17. The topological polar surface area (TPSA) is 88.6 Å². The Labute approximate surface area is 139 Å². The molecule has 0 spiro atoms. The molecule has 1 aliphatic heterocycles. The summed E-state index contributed by atoms with van der Waals surface area (Å²) in [6, 6.07) is 0. The van der Waals surface area contributed by atoms with Crippen molar-refractivity contribution in [3.05, 3.63) is 10.6 Å². The lowest BCUT2D eigenvalue weighted by Gasteiger charge is -2.18. The number of nitrogens with one attached hydrogen (secondary N) is 1. The first kappa shape index (κ1) is 17.4. The van der Waals surface area contributed by atoms with Gasteiger partial charge >= 0.3 is 5.97 Å². The summed E-state index contributed by atoms with van der Waals surface area (Å²) in [6.45, 7) is 6.84. The molecule has 1 N–H and O–H groups in total. The summed E-state index contributed by atoms with van der Waals surface area (Å²) in [5, 5.41) is 3.05. The summed E-state index contributed by atoms with van der Waals surface area (Å²) in [4.78, 5) is 42.1. The van der Waals surface area contributed by atoms with E-state index in [2.05, 4.69) is 15.0 Å². The van der Waals surface area contributed by atoms with Gasteiger partial charge < -0.3 is 15.0 Å². The highest BCUT2D eigenvalue weighted by atomic mass is 32.1. The third-order valence-corrected chi connectivity index (χ3v) is 4.62. The van der Waals surface area contributed by atoms with E-state index >= 15 is 0 Å². The van der Waals surface area contributed by atoms with Gasteiger partial charge in [0.1, 0.15) is 4.88 Å². The fraction of sp³-hybridized carbons (Fsp3) is 0.600. The summed E-state index contributed by atoms with van der Waals surface area (Å²) in [6.07, 6.45) is 0.215. The first-order valence-corrected chi connectivity index (χ1v) is 8.27. The maximum absolute atomic E-state index is 12.3. The molecule has 2 heterocycles. The van der Waals surface area contributed by atoms with Gasteiger partial charge in [0.15, 0.2) is 5.13 Å². The largest absolute Gasteiger partial charge is 0.465 e. The third-order valence-electron chi connectivity index (χ3n) is 3.57. The number of nitrogens with zero attached hydrogens (tertiary/aromatic N) is 2. The molecule has 0 bridgehead atoms. The number of amides is 2. The second-order valence-corrected chi connectivity index (χ2v) is 7.01. The minimum atomic E-state index is -0.473. The number of rotatable bonds is 5. The van der Waals surface area contributed by atoms with Crippen LogP contribution in [0.2, 0.25) is 0 Å². The van der Waals surface area contributed by atoms with Gasteiger partial charge in [0.25, 0.3) is 0 Å². The molecule has 0 unspecified atom stereocenters. The smallest absolute Gasteiger partial charge is 0.350 e. The van der Waals surface area contributed by atoms with Gasteiger partial charge in [-0.25, -0.2) is 9.78 Å². The highest BCUT2D eigenvalue weighted by Gasteiger charge is 2.34. The van der Waals surface area contributed by atoms with Crippen LogP contribution in [0.3, 0.4) is 0 Å². The predicted molar refractivity (Wildman–Crippen MR) is 86.3 cm³/mol. The van der Waals surface area contributed by atoms with Crippen LogP contribution in [-0.4, -0.2) is 47.9 Å². The number of carbonyl (C=O) groups excluding carboxylic acids is 3. The minimum absolute atomic E-state index is 0.00409. The number of aromatic nitrogens is 1. The SMILES string of the molecule is COC(=O)c1sc(NC(=O)[C@H]2CC(=O)N(CC(C)C)C2)nc1C. The van der Waals surface area contributed by atoms with E-state index in [1.165, 1.54) is 7.11 Å². The van der Waals surface area contributed by atoms with E-state index in [1.54, 1.807) is 11.8 Å². The molecule has 8 heteroatoms. The number of hydrogen-bond acceptors (Lipinski definition) is 6. The zero-order valence-electron chi connectivity index (χ0n) is 13.7. The van der Waals surface area contributed by atoms with E-state index in [9.17, 15) is 14.4 Å². The molecular weight excluding hydrogens is 318 g/mol. The van der Waals surface area contributed by atoms with Crippen molar-refractivity contribution in [2.24, 2.45) is 11.8 Å². The van der Waals surface area contributed by atoms with E-state index in [0.717, 1.165) is 11.3 Å². The molecule has 1 fully saturated rings. The Balaban J connectivity index is 2.00. The molecule has 1 aliphatic rings. The van der Waals surface area contributed by atoms with E-state index in [-0.39, 0.29) is 24.2 Å². The molecule has 2 rings (SSSR count). The second-order valence-electron chi connectivity index (χ2n) is 6.01. The number of carbonyl (C=O) groups is 3. The minimum Gasteiger partial charge on any atom is -0.465 e. The monoisotopic (exact) mass is 339 g/mol. The number of anilines is 1. The standard InChI is InChI=1S/C15H21N3O4S/c1-8(2)6-18-7-10(5-11(18)19)13(20)17-15-16-9(3)12(23-15)14(21)22-4/h8,10H,5-7H2,1-4H3,(H,16,17,20)/t10-/m0/s1. The van der Waals surface area contributed by atoms with Crippen LogP contribution in [0.5, 0.6) is 0 Å². The lowest BCUT2D eigenvalue weighted by molar-refractivity contribution is -0.128. The molecular formula is C15H21N3O4S. The maximum Gasteiger partial charge on any atom is 0.350 e. The van der Waals surface area contributed by atoms with Crippen molar-refractivity contribution >= 4 is 34.3 Å². The van der Waals surface area contributed by atoms with Crippen molar-refractivity contribution < 1.29 is 19.1 Å². The molecule has 0 aliphatic carbocycles. The molecule has 0 saturated carbocycles. The Morgan fingerprint density at radius 3 is 2.78 bits per heavy atom. The Kier molecular flexibility index (Phi) is 5.35. The number of aryl methyl sites for hydroxylation is 1. The number of thiazole rings is 1. The average Bonchev–Trinajstić information content (AvgIpc) is 3.01. The average molecular weight is 339 g/mol. The van der Waals surface area contributed by atoms with Crippen LogP contribution in [0.15, 0.2) is 0 Å². The number of esters is 1. The Morgan fingerprint density at radius 1 is 1.48 bits per heavy atom. The summed E-state index contributed by atoms with van der Waals surface area (Å²) in [7, 11) is 1.30. The molecule has 0 aromatic carbocycles. The van der Waals surface area contributed by atoms with Gasteiger partial charge in [0, 0.05) is 19.5 Å². The van der Waals surface area contributed by atoms with E-state index in [0.29, 0.717) is 34.7 Å². The van der Waals surface area contributed by atoms with Crippen molar-refractivity contribution in [3.8, 4) is 0 Å². The quantitative estimate of drug-likeness (QED) is 0.825. The lowest BCUT2D eigenvalue weighted by atomic mass is 10.1. The van der Waals surface area contributed by atoms with E-state index in [4.69, 9.17) is 0 Å². The molecule has 7 nitrogen and oxygen atoms in total. The van der Waals surface area contributed by atoms with Gasteiger partial charge in [-0.15, -0.1) is 0 Å². The van der Waals surface area contributed by atoms with E-state index < -0.39 is 5.97 Å². The maximum atomic E-state index is 12.3. The molecule has 2 amide bonds. The van der Waals surface area contributed by atoms with Crippen LogP contribution in [-0.2, 0) is 14.3 Å².